The molecule has 0 aliphatic rings. The van der Waals surface area contributed by atoms with Gasteiger partial charge in [0.05, 0.1) is 0 Å². The Bertz CT molecular complexity index is 911. The maximum Gasteiger partial charge on any atom is 0.326 e. The zero-order valence-electron chi connectivity index (χ0n) is 31.5. The number of carbonyl (C=O) groups excluding carboxylic acids is 2. The Labute approximate surface area is 300 Å². The number of unbranched alkanes of at least 4 members (excludes halogenated alkanes) is 15. The van der Waals surface area contributed by atoms with Gasteiger partial charge in [-0.25, -0.2) is 4.79 Å². The third-order valence-electron chi connectivity index (χ3n) is 8.60. The van der Waals surface area contributed by atoms with Gasteiger partial charge >= 0.3 is 11.9 Å². The lowest BCUT2D eigenvalue weighted by molar-refractivity contribution is -0.147. The molecule has 0 fully saturated rings. The minimum Gasteiger partial charge on any atom is -0.480 e. The summed E-state index contributed by atoms with van der Waals surface area (Å²) in [7, 11) is 0. The van der Waals surface area contributed by atoms with E-state index in [4.69, 9.17) is 10.5 Å². The Morgan fingerprint density at radius 1 is 0.612 bits per heavy atom. The molecule has 0 heterocycles. The smallest absolute Gasteiger partial charge is 0.326 e. The highest BCUT2D eigenvalue weighted by atomic mass is 16.5. The number of carbonyl (C=O) groups is 3. The number of rotatable bonds is 35. The number of amides is 1. The third-order valence-corrected chi connectivity index (χ3v) is 8.60. The predicted molar refractivity (Wildman–Crippen MR) is 206 cm³/mol. The van der Waals surface area contributed by atoms with Gasteiger partial charge in [-0.15, -0.1) is 0 Å². The highest BCUT2D eigenvalue weighted by molar-refractivity contribution is 5.83. The zero-order chi connectivity index (χ0) is 36.0. The molecule has 1 amide bonds. The molecule has 7 heteroatoms. The Morgan fingerprint density at radius 3 is 1.76 bits per heavy atom. The summed E-state index contributed by atoms with van der Waals surface area (Å²) in [6.45, 7) is 4.85. The van der Waals surface area contributed by atoms with E-state index >= 15 is 0 Å². The number of nitrogens with two attached hydrogens (primary N) is 1. The number of nitrogens with one attached hydrogen (secondary N) is 1. The Hall–Kier alpha value is -2.67. The molecule has 0 bridgehead atoms. The summed E-state index contributed by atoms with van der Waals surface area (Å²) in [6, 6.07) is -0.857. The van der Waals surface area contributed by atoms with Crippen molar-refractivity contribution in [2.75, 3.05) is 6.54 Å². The van der Waals surface area contributed by atoms with E-state index in [9.17, 15) is 19.5 Å². The molecule has 0 spiro atoms. The van der Waals surface area contributed by atoms with Crippen molar-refractivity contribution in [1.82, 2.24) is 5.32 Å². The average molecular weight is 687 g/mol. The van der Waals surface area contributed by atoms with E-state index in [2.05, 4.69) is 67.8 Å². The van der Waals surface area contributed by atoms with Crippen LogP contribution in [0.2, 0.25) is 0 Å². The summed E-state index contributed by atoms with van der Waals surface area (Å²) in [4.78, 5) is 36.1. The molecule has 0 aromatic heterocycles. The summed E-state index contributed by atoms with van der Waals surface area (Å²) in [5.41, 5.74) is 5.46. The molecule has 0 rings (SSSR count). The molecule has 0 aromatic carbocycles. The minimum atomic E-state index is -1.01. The molecule has 0 saturated carbocycles. The van der Waals surface area contributed by atoms with Crippen LogP contribution in [0.15, 0.2) is 48.6 Å². The summed E-state index contributed by atoms with van der Waals surface area (Å²) < 4.78 is 5.91. The quantitative estimate of drug-likeness (QED) is 0.0347. The molecule has 282 valence electrons. The molecule has 0 aromatic rings. The highest BCUT2D eigenvalue weighted by Gasteiger charge is 2.18. The number of ether oxygens (including phenoxy) is 1. The first-order valence-corrected chi connectivity index (χ1v) is 20.0. The van der Waals surface area contributed by atoms with E-state index in [1.54, 1.807) is 0 Å². The second kappa shape index (κ2) is 36.6. The van der Waals surface area contributed by atoms with Gasteiger partial charge in [-0.3, -0.25) is 9.59 Å². The van der Waals surface area contributed by atoms with Gasteiger partial charge in [-0.05, 0) is 96.1 Å². The van der Waals surface area contributed by atoms with Crippen LogP contribution < -0.4 is 11.1 Å². The fraction of sp³-hybridized carbons (Fsp3) is 0.738. The normalized spacial score (nSPS) is 13.2. The van der Waals surface area contributed by atoms with Crippen LogP contribution in [0, 0.1) is 0 Å². The van der Waals surface area contributed by atoms with Crippen LogP contribution in [0.4, 0.5) is 0 Å². The van der Waals surface area contributed by atoms with Crippen molar-refractivity contribution in [3.05, 3.63) is 48.6 Å². The van der Waals surface area contributed by atoms with Crippen molar-refractivity contribution in [2.24, 2.45) is 5.73 Å². The topological polar surface area (TPSA) is 119 Å². The van der Waals surface area contributed by atoms with Gasteiger partial charge in [0.2, 0.25) is 5.91 Å². The van der Waals surface area contributed by atoms with Gasteiger partial charge in [-0.2, -0.15) is 0 Å². The van der Waals surface area contributed by atoms with Gasteiger partial charge in [0.25, 0.3) is 0 Å². The summed E-state index contributed by atoms with van der Waals surface area (Å²) in [5, 5.41) is 11.9. The van der Waals surface area contributed by atoms with Crippen LogP contribution in [0.25, 0.3) is 0 Å². The number of carboxylic acids is 1. The van der Waals surface area contributed by atoms with Gasteiger partial charge in [0, 0.05) is 12.8 Å². The molecule has 2 atom stereocenters. The van der Waals surface area contributed by atoms with Crippen molar-refractivity contribution in [3.63, 3.8) is 0 Å². The molecule has 49 heavy (non-hydrogen) atoms. The predicted octanol–water partition coefficient (Wildman–Crippen LogP) is 10.8. The van der Waals surface area contributed by atoms with Gasteiger partial charge in [0.15, 0.2) is 0 Å². The van der Waals surface area contributed by atoms with E-state index in [0.29, 0.717) is 32.2 Å². The standard InChI is InChI=1S/C42H74N2O5/c1-3-5-7-9-11-13-14-15-16-17-18-20-26-30-36-41(46)49-38(32-27-23-19-12-10-8-6-4-2)33-28-24-21-22-25-29-35-40(45)44-39(42(47)48)34-31-37-43/h9,11-12,14-15,19,27,32,38-39H,3-8,10,13,16-18,20-26,28-31,33-37,43H2,1-2H3,(H,44,45)(H,47,48)/b11-9-,15-14-,19-12-,32-27-. The summed E-state index contributed by atoms with van der Waals surface area (Å²) in [5.74, 6) is -1.31. The van der Waals surface area contributed by atoms with Gasteiger partial charge < -0.3 is 20.9 Å². The number of aliphatic carboxylic acids is 1. The zero-order valence-corrected chi connectivity index (χ0v) is 31.5. The lowest BCUT2D eigenvalue weighted by Crippen LogP contribution is -2.40. The van der Waals surface area contributed by atoms with Crippen LogP contribution in [0.3, 0.4) is 0 Å². The Kier molecular flexibility index (Phi) is 34.6. The second-order valence-electron chi connectivity index (χ2n) is 13.3. The number of allylic oxidation sites excluding steroid dienone is 7. The number of carboxylic acid groups (broad SMARTS) is 1. The van der Waals surface area contributed by atoms with Gasteiger partial charge in [0.1, 0.15) is 12.1 Å². The Morgan fingerprint density at radius 2 is 1.14 bits per heavy atom. The lowest BCUT2D eigenvalue weighted by atomic mass is 10.0. The third kappa shape index (κ3) is 33.6. The maximum atomic E-state index is 12.7. The van der Waals surface area contributed by atoms with Gasteiger partial charge in [-0.1, -0.05) is 127 Å². The Balaban J connectivity index is 4.33. The molecular weight excluding hydrogens is 612 g/mol. The van der Waals surface area contributed by atoms with E-state index in [0.717, 1.165) is 89.9 Å². The van der Waals surface area contributed by atoms with E-state index < -0.39 is 12.0 Å². The average Bonchev–Trinajstić information content (AvgIpc) is 3.08. The van der Waals surface area contributed by atoms with E-state index in [-0.39, 0.29) is 18.0 Å². The van der Waals surface area contributed by atoms with Crippen LogP contribution in [-0.4, -0.2) is 41.6 Å². The van der Waals surface area contributed by atoms with E-state index in [1.165, 1.54) is 51.4 Å². The molecule has 0 saturated heterocycles. The fourth-order valence-corrected chi connectivity index (χ4v) is 5.53. The molecular formula is C42H74N2O5. The maximum absolute atomic E-state index is 12.7. The van der Waals surface area contributed by atoms with Crippen molar-refractivity contribution in [1.29, 1.82) is 0 Å². The largest absolute Gasteiger partial charge is 0.480 e. The first-order valence-electron chi connectivity index (χ1n) is 20.0. The molecule has 0 aliphatic carbocycles. The van der Waals surface area contributed by atoms with Crippen molar-refractivity contribution >= 4 is 17.8 Å². The fourth-order valence-electron chi connectivity index (χ4n) is 5.53. The van der Waals surface area contributed by atoms with Crippen molar-refractivity contribution in [3.8, 4) is 0 Å². The molecule has 7 nitrogen and oxygen atoms in total. The summed E-state index contributed by atoms with van der Waals surface area (Å²) in [6.07, 6.45) is 43.1. The highest BCUT2D eigenvalue weighted by Crippen LogP contribution is 2.15. The lowest BCUT2D eigenvalue weighted by Gasteiger charge is -2.15. The van der Waals surface area contributed by atoms with Crippen molar-refractivity contribution in [2.45, 2.75) is 193 Å². The van der Waals surface area contributed by atoms with Crippen molar-refractivity contribution < 1.29 is 24.2 Å². The number of hydrogen-bond donors (Lipinski definition) is 3. The molecule has 0 radical (unpaired) electrons. The molecule has 4 N–H and O–H groups in total. The van der Waals surface area contributed by atoms with Crippen LogP contribution in [-0.2, 0) is 19.1 Å². The summed E-state index contributed by atoms with van der Waals surface area (Å²) >= 11 is 0. The first-order chi connectivity index (χ1) is 23.9. The molecule has 0 aliphatic heterocycles. The van der Waals surface area contributed by atoms with Crippen LogP contribution in [0.5, 0.6) is 0 Å². The van der Waals surface area contributed by atoms with E-state index in [1.807, 2.05) is 0 Å². The van der Waals surface area contributed by atoms with Crippen LogP contribution >= 0.6 is 0 Å². The minimum absolute atomic E-state index is 0.0916. The number of hydrogen-bond acceptors (Lipinski definition) is 5. The SMILES string of the molecule is CCCC/C=C\C/C=C\CCCCCCCC(=O)OC(/C=C\C/C=C\CCCCC)CCCCCCCCC(=O)NC(CCCN)C(=O)O. The monoisotopic (exact) mass is 687 g/mol. The first kappa shape index (κ1) is 46.3. The second-order valence-corrected chi connectivity index (χ2v) is 13.3. The number of esters is 1. The van der Waals surface area contributed by atoms with Crippen LogP contribution in [0.1, 0.15) is 181 Å². The molecule has 2 unspecified atom stereocenters.